The highest BCUT2D eigenvalue weighted by Gasteiger charge is 2.54. The van der Waals surface area contributed by atoms with E-state index in [2.05, 4.69) is 165 Å². The standard InChI is InChI=1S/C36H40Br2N2O3.C20H24N2O2.C8H8Br2O.2BrH/c1-5-24-21-40(22-27-17-28(42-3)7-10-33(27)38)15-13-25(24)18-35(40)36(41)30-12-14-39(20-26-16-23(2)6-9-32(26)37)34-11-8-29(43-4)19-31(30)34;1-3-13-12-22-9-7-14(13)10-19(22)20(23)16-6-8-21-18-5-4-15(24-2)11-17(16)18;1-11-7-2-3-8(10)6(4-7)5-9;;/h5-12,14,16-17,19,24-25,35-36,41H,1,13,15,18,20-22H2,2-4H3;3-6,8,11,13-14,19-20,23H,1,7,9-10,12H2,2H3;2-4H,5H2,1H3;2*1H/q+2;;;;/p-2/t24-,25?,35?,36+,40?;13-,14?,19?,20+;;;/m11.../s1. The maximum atomic E-state index is 12.4. The van der Waals surface area contributed by atoms with Gasteiger partial charge in [-0.25, -0.2) is 0 Å². The van der Waals surface area contributed by atoms with Crippen molar-refractivity contribution in [1.82, 2.24) is 9.88 Å². The number of nitrogens with zero attached hydrogens (tertiary/aromatic N) is 4. The summed E-state index contributed by atoms with van der Waals surface area (Å²) >= 11 is 14.4. The van der Waals surface area contributed by atoms with Crippen LogP contribution in [0.1, 0.15) is 71.3 Å². The van der Waals surface area contributed by atoms with E-state index in [0.29, 0.717) is 23.7 Å². The molecule has 2 N–H and O–H groups in total. The highest BCUT2D eigenvalue weighted by atomic mass is 79.9. The molecular weight excluding hydrogens is 1400 g/mol. The molecule has 6 fully saturated rings. The molecule has 0 saturated carbocycles. The van der Waals surface area contributed by atoms with E-state index in [1.54, 1.807) is 34.6 Å². The first kappa shape index (κ1) is 63.9. The average Bonchev–Trinajstić information content (AvgIpc) is 3.60. The third-order valence-corrected chi connectivity index (χ3v) is 20.0. The van der Waals surface area contributed by atoms with Crippen LogP contribution in [0.15, 0.2) is 154 Å². The van der Waals surface area contributed by atoms with Crippen LogP contribution in [0.5, 0.6) is 23.0 Å². The fourth-order valence-electron chi connectivity index (χ4n) is 12.8. The van der Waals surface area contributed by atoms with Crippen LogP contribution in [0.3, 0.4) is 0 Å². The monoisotopic (exact) mass is 1470 g/mol. The number of aromatic nitrogens is 2. The third-order valence-electron chi connectivity index (χ3n) is 17.1. The maximum Gasteiger partial charge on any atom is 0.213 e. The molecule has 8 heterocycles. The lowest BCUT2D eigenvalue weighted by Gasteiger charge is -2.58. The number of benzene rings is 5. The minimum absolute atomic E-state index is 0. The lowest BCUT2D eigenvalue weighted by molar-refractivity contribution is -0.985. The van der Waals surface area contributed by atoms with Crippen LogP contribution in [-0.4, -0.2) is 91.3 Å². The predicted octanol–water partition coefficient (Wildman–Crippen LogP) is 8.20. The second-order valence-electron chi connectivity index (χ2n) is 21.4. The smallest absolute Gasteiger partial charge is 0.213 e. The Morgan fingerprint density at radius 1 is 0.688 bits per heavy atom. The number of ether oxygens (including phenoxy) is 4. The maximum absolute atomic E-state index is 12.4. The summed E-state index contributed by atoms with van der Waals surface area (Å²) in [6.07, 6.45) is 11.4. The van der Waals surface area contributed by atoms with Crippen molar-refractivity contribution in [2.75, 3.05) is 54.6 Å². The number of alkyl halides is 1. The molecule has 6 unspecified atom stereocenters. The molecule has 10 nitrogen and oxygen atoms in total. The number of hydrogen-bond acceptors (Lipinski definition) is 8. The number of rotatable bonds is 15. The van der Waals surface area contributed by atoms with Gasteiger partial charge >= 0.3 is 0 Å². The third kappa shape index (κ3) is 13.9. The summed E-state index contributed by atoms with van der Waals surface area (Å²) in [7, 11) is 6.74. The quantitative estimate of drug-likeness (QED) is 0.0460. The number of aryl methyl sites for hydroxylation is 1. The van der Waals surface area contributed by atoms with Crippen LogP contribution >= 0.6 is 63.7 Å². The molecule has 6 aliphatic heterocycles. The zero-order valence-corrected chi connectivity index (χ0v) is 55.5. The van der Waals surface area contributed by atoms with Crippen molar-refractivity contribution < 1.29 is 72.2 Å². The summed E-state index contributed by atoms with van der Waals surface area (Å²) in [5.74, 6) is 5.53. The normalized spacial score (nSPS) is 23.2. The minimum atomic E-state index is -0.632. The second kappa shape index (κ2) is 28.7. The molecule has 6 saturated heterocycles. The van der Waals surface area contributed by atoms with Gasteiger partial charge < -0.3 is 67.6 Å². The average molecular weight is 1470 g/mol. The van der Waals surface area contributed by atoms with Crippen molar-refractivity contribution in [2.45, 2.75) is 75.3 Å². The Labute approximate surface area is 527 Å². The molecule has 80 heavy (non-hydrogen) atoms. The first-order valence-corrected chi connectivity index (χ1v) is 30.3. The number of aliphatic hydroxyl groups excluding tert-OH is 2. The van der Waals surface area contributed by atoms with Crippen LogP contribution in [0.25, 0.3) is 21.8 Å². The Hall–Kier alpha value is -3.68. The van der Waals surface area contributed by atoms with Crippen LogP contribution < -0.4 is 57.5 Å². The Kier molecular flexibility index (Phi) is 23.0. The summed E-state index contributed by atoms with van der Waals surface area (Å²) in [6, 6.07) is 34.9. The Bertz CT molecular complexity index is 3280. The van der Waals surface area contributed by atoms with Gasteiger partial charge in [-0.15, -0.1) is 13.2 Å². The van der Waals surface area contributed by atoms with Gasteiger partial charge in [0, 0.05) is 90.5 Å². The van der Waals surface area contributed by atoms with Gasteiger partial charge in [-0.3, -0.25) is 9.88 Å². The summed E-state index contributed by atoms with van der Waals surface area (Å²) in [5.41, 5.74) is 8.74. The van der Waals surface area contributed by atoms with Gasteiger partial charge in [-0.05, 0) is 140 Å². The summed E-state index contributed by atoms with van der Waals surface area (Å²) in [4.78, 5) is 6.86. The first-order valence-electron chi connectivity index (χ1n) is 26.8. The van der Waals surface area contributed by atoms with Gasteiger partial charge in [0.1, 0.15) is 41.7 Å². The highest BCUT2D eigenvalue weighted by Crippen LogP contribution is 2.49. The molecule has 5 aromatic carbocycles. The van der Waals surface area contributed by atoms with Crippen LogP contribution in [0, 0.1) is 30.6 Å². The van der Waals surface area contributed by atoms with Crippen molar-refractivity contribution in [2.24, 2.45) is 23.7 Å². The molecule has 10 atom stereocenters. The number of quaternary nitrogens is 1. The van der Waals surface area contributed by atoms with Crippen LogP contribution in [0.4, 0.5) is 0 Å². The Morgan fingerprint density at radius 2 is 1.27 bits per heavy atom. The zero-order chi connectivity index (χ0) is 55.3. The Morgan fingerprint density at radius 3 is 1.93 bits per heavy atom. The molecule has 0 amide bonds. The molecule has 426 valence electrons. The molecule has 0 radical (unpaired) electrons. The van der Waals surface area contributed by atoms with E-state index >= 15 is 0 Å². The summed E-state index contributed by atoms with van der Waals surface area (Å²) in [6.45, 7) is 16.0. The molecule has 0 aliphatic carbocycles. The lowest BCUT2D eigenvalue weighted by Crippen LogP contribution is -3.00. The van der Waals surface area contributed by atoms with Crippen molar-refractivity contribution in [1.29, 1.82) is 0 Å². The van der Waals surface area contributed by atoms with Gasteiger partial charge in [0.2, 0.25) is 5.52 Å². The van der Waals surface area contributed by atoms with E-state index in [0.717, 1.165) is 138 Å². The molecule has 13 rings (SSSR count). The number of pyridine rings is 2. The van der Waals surface area contributed by atoms with Crippen molar-refractivity contribution in [3.63, 3.8) is 0 Å². The number of aliphatic hydroxyl groups is 2. The highest BCUT2D eigenvalue weighted by molar-refractivity contribution is 9.11. The lowest BCUT2D eigenvalue weighted by atomic mass is 9.71. The van der Waals surface area contributed by atoms with E-state index in [-0.39, 0.29) is 46.0 Å². The molecular formula is C64H72Br6N4O6. The predicted molar refractivity (Wildman–Crippen MR) is 327 cm³/mol. The van der Waals surface area contributed by atoms with Crippen molar-refractivity contribution >= 4 is 85.5 Å². The SMILES string of the molecule is C=C[C@@H]1CN2CCC1CC2[C@@H](O)c1ccnc2ccc(OC)cc12.C=C[C@@H]1C[N+]2(Cc3cc(OC)ccc3Br)CCC1CC2[C@@H](O)c1cc[n+](Cc2cc(C)ccc2Br)c2ccc(OC)cc12.COc1ccc(Br)c(CBr)c1.[Br-].[Br-]. The number of hydrogen-bond donors (Lipinski definition) is 2. The van der Waals surface area contributed by atoms with Gasteiger partial charge in [0.15, 0.2) is 12.7 Å². The summed E-state index contributed by atoms with van der Waals surface area (Å²) < 4.78 is 28.1. The molecule has 7 aromatic rings. The second-order valence-corrected chi connectivity index (χ2v) is 24.5. The van der Waals surface area contributed by atoms with E-state index in [1.807, 2.05) is 54.6 Å². The molecule has 16 heteroatoms. The topological polar surface area (TPSA) is 97.4 Å². The van der Waals surface area contributed by atoms with Crippen LogP contribution in [0.2, 0.25) is 0 Å². The van der Waals surface area contributed by atoms with E-state index < -0.39 is 12.2 Å². The zero-order valence-electron chi connectivity index (χ0n) is 46.0. The molecule has 4 bridgehead atoms. The number of methoxy groups -OCH3 is 4. The minimum Gasteiger partial charge on any atom is -1.00 e. The van der Waals surface area contributed by atoms with E-state index in [9.17, 15) is 10.2 Å². The van der Waals surface area contributed by atoms with Crippen molar-refractivity contribution in [3.05, 3.63) is 188 Å². The van der Waals surface area contributed by atoms with E-state index in [4.69, 9.17) is 18.9 Å². The fraction of sp³-hybridized carbons (Fsp3) is 0.375. The van der Waals surface area contributed by atoms with Gasteiger partial charge in [-0.1, -0.05) is 87.5 Å². The van der Waals surface area contributed by atoms with E-state index in [1.165, 1.54) is 28.7 Å². The van der Waals surface area contributed by atoms with Gasteiger partial charge in [-0.2, -0.15) is 4.57 Å². The number of halogens is 6. The van der Waals surface area contributed by atoms with Gasteiger partial charge in [0.25, 0.3) is 0 Å². The van der Waals surface area contributed by atoms with Gasteiger partial charge in [0.05, 0.1) is 58.5 Å². The molecule has 2 aromatic heterocycles. The Balaban J connectivity index is 0.000000208. The largest absolute Gasteiger partial charge is 1.00 e. The summed E-state index contributed by atoms with van der Waals surface area (Å²) in [5, 5.41) is 26.4. The molecule has 6 aliphatic rings. The first-order chi connectivity index (χ1) is 37.7. The molecule has 0 spiro atoms. The number of fused-ring (bicyclic) bond motifs is 8. The van der Waals surface area contributed by atoms with Crippen LogP contribution in [-0.2, 0) is 18.4 Å². The van der Waals surface area contributed by atoms with Crippen molar-refractivity contribution in [3.8, 4) is 23.0 Å². The number of piperidine rings is 6. The fourth-order valence-corrected chi connectivity index (χ4v) is 14.8.